The van der Waals surface area contributed by atoms with Gasteiger partial charge < -0.3 is 20.5 Å². The number of carbonyl (C=O) groups excluding carboxylic acids is 1. The molecule has 0 aliphatic carbocycles. The average molecular weight is 230 g/mol. The highest BCUT2D eigenvalue weighted by molar-refractivity contribution is 5.67. The largest absolute Gasteiger partial charge is 0.444 e. The lowest BCUT2D eigenvalue weighted by Crippen LogP contribution is -2.35. The minimum atomic E-state index is -0.452. The Hall–Kier alpha value is -0.810. The third-order valence-electron chi connectivity index (χ3n) is 2.36. The Bertz CT molecular complexity index is 238. The maximum atomic E-state index is 11.3. The van der Waals surface area contributed by atoms with Crippen LogP contribution in [-0.2, 0) is 4.74 Å². The standard InChI is InChI=1S/C11H22N2O3/c1-11(2,3)16-10(15)12-5-4-8-6-9(14)7-13-8/h8-9,13-14H,4-7H2,1-3H3,(H,12,15)/t8-,9+/m1/s1. The van der Waals surface area contributed by atoms with Gasteiger partial charge >= 0.3 is 6.09 Å². The van der Waals surface area contributed by atoms with Crippen molar-refractivity contribution >= 4 is 6.09 Å². The Morgan fingerprint density at radius 3 is 2.75 bits per heavy atom. The minimum Gasteiger partial charge on any atom is -0.444 e. The number of carbonyl (C=O) groups is 1. The summed E-state index contributed by atoms with van der Waals surface area (Å²) in [6, 6.07) is 0.296. The van der Waals surface area contributed by atoms with E-state index in [9.17, 15) is 9.90 Å². The molecule has 0 unspecified atom stereocenters. The molecule has 0 aromatic heterocycles. The summed E-state index contributed by atoms with van der Waals surface area (Å²) in [4.78, 5) is 11.3. The summed E-state index contributed by atoms with van der Waals surface area (Å²) in [7, 11) is 0. The molecule has 0 aromatic carbocycles. The number of rotatable bonds is 3. The second-order valence-corrected chi connectivity index (χ2v) is 5.21. The van der Waals surface area contributed by atoms with Crippen LogP contribution in [0.25, 0.3) is 0 Å². The Kier molecular flexibility index (Phi) is 4.56. The molecule has 1 aliphatic rings. The predicted molar refractivity (Wildman–Crippen MR) is 61.3 cm³/mol. The third-order valence-corrected chi connectivity index (χ3v) is 2.36. The Labute approximate surface area is 96.6 Å². The number of alkyl carbamates (subject to hydrolysis) is 1. The van der Waals surface area contributed by atoms with E-state index in [1.807, 2.05) is 20.8 Å². The number of hydrogen-bond donors (Lipinski definition) is 3. The molecule has 1 heterocycles. The molecule has 16 heavy (non-hydrogen) atoms. The molecule has 1 amide bonds. The lowest BCUT2D eigenvalue weighted by Gasteiger charge is -2.20. The van der Waals surface area contributed by atoms with Crippen molar-refractivity contribution in [2.75, 3.05) is 13.1 Å². The van der Waals surface area contributed by atoms with Gasteiger partial charge in [0, 0.05) is 19.1 Å². The average Bonchev–Trinajstić information content (AvgIpc) is 2.48. The first-order valence-electron chi connectivity index (χ1n) is 5.75. The van der Waals surface area contributed by atoms with Crippen molar-refractivity contribution in [3.8, 4) is 0 Å². The quantitative estimate of drug-likeness (QED) is 0.665. The van der Waals surface area contributed by atoms with Crippen LogP contribution in [0.1, 0.15) is 33.6 Å². The van der Waals surface area contributed by atoms with Gasteiger partial charge in [-0.05, 0) is 33.6 Å². The van der Waals surface area contributed by atoms with Crippen molar-refractivity contribution in [2.45, 2.75) is 51.4 Å². The molecule has 1 saturated heterocycles. The van der Waals surface area contributed by atoms with E-state index in [1.165, 1.54) is 0 Å². The highest BCUT2D eigenvalue weighted by Gasteiger charge is 2.22. The van der Waals surface area contributed by atoms with Crippen LogP contribution in [-0.4, -0.2) is 42.0 Å². The van der Waals surface area contributed by atoms with Crippen LogP contribution >= 0.6 is 0 Å². The van der Waals surface area contributed by atoms with Crippen LogP contribution in [0.2, 0.25) is 0 Å². The zero-order valence-corrected chi connectivity index (χ0v) is 10.2. The van der Waals surface area contributed by atoms with Gasteiger partial charge in [-0.15, -0.1) is 0 Å². The predicted octanol–water partition coefficient (Wildman–Crippen LogP) is 0.624. The van der Waals surface area contributed by atoms with Gasteiger partial charge in [0.15, 0.2) is 0 Å². The Balaban J connectivity index is 2.09. The second-order valence-electron chi connectivity index (χ2n) is 5.21. The number of aliphatic hydroxyl groups is 1. The third kappa shape index (κ3) is 5.32. The smallest absolute Gasteiger partial charge is 0.407 e. The molecule has 2 atom stereocenters. The first-order chi connectivity index (χ1) is 7.37. The molecule has 3 N–H and O–H groups in total. The van der Waals surface area contributed by atoms with Crippen LogP contribution in [0.5, 0.6) is 0 Å². The number of nitrogens with one attached hydrogen (secondary N) is 2. The number of ether oxygens (including phenoxy) is 1. The molecule has 94 valence electrons. The minimum absolute atomic E-state index is 0.244. The van der Waals surface area contributed by atoms with E-state index in [1.54, 1.807) is 0 Å². The molecular formula is C11H22N2O3. The zero-order chi connectivity index (χ0) is 12.2. The van der Waals surface area contributed by atoms with Crippen molar-refractivity contribution in [2.24, 2.45) is 0 Å². The SMILES string of the molecule is CC(C)(C)OC(=O)NCC[C@@H]1C[C@H](O)CN1. The molecule has 0 bridgehead atoms. The fourth-order valence-electron chi connectivity index (χ4n) is 1.68. The van der Waals surface area contributed by atoms with E-state index in [0.717, 1.165) is 12.8 Å². The maximum absolute atomic E-state index is 11.3. The van der Waals surface area contributed by atoms with Gasteiger partial charge in [0.2, 0.25) is 0 Å². The van der Waals surface area contributed by atoms with Gasteiger partial charge in [0.25, 0.3) is 0 Å². The molecule has 1 rings (SSSR count). The Morgan fingerprint density at radius 2 is 2.25 bits per heavy atom. The summed E-state index contributed by atoms with van der Waals surface area (Å²) in [5, 5.41) is 15.2. The molecule has 5 heteroatoms. The van der Waals surface area contributed by atoms with Crippen LogP contribution in [0, 0.1) is 0 Å². The number of amides is 1. The summed E-state index contributed by atoms with van der Waals surface area (Å²) < 4.78 is 5.10. The van der Waals surface area contributed by atoms with Crippen LogP contribution < -0.4 is 10.6 Å². The molecule has 0 saturated carbocycles. The maximum Gasteiger partial charge on any atom is 0.407 e. The van der Waals surface area contributed by atoms with Crippen LogP contribution in [0.3, 0.4) is 0 Å². The lowest BCUT2D eigenvalue weighted by atomic mass is 10.1. The van der Waals surface area contributed by atoms with Gasteiger partial charge in [-0.2, -0.15) is 0 Å². The van der Waals surface area contributed by atoms with Gasteiger partial charge in [-0.1, -0.05) is 0 Å². The molecular weight excluding hydrogens is 208 g/mol. The molecule has 1 aliphatic heterocycles. The topological polar surface area (TPSA) is 70.6 Å². The summed E-state index contributed by atoms with van der Waals surface area (Å²) >= 11 is 0. The monoisotopic (exact) mass is 230 g/mol. The van der Waals surface area contributed by atoms with E-state index in [0.29, 0.717) is 19.1 Å². The Morgan fingerprint density at radius 1 is 1.56 bits per heavy atom. The van der Waals surface area contributed by atoms with Crippen LogP contribution in [0.15, 0.2) is 0 Å². The summed E-state index contributed by atoms with van der Waals surface area (Å²) in [5.41, 5.74) is -0.452. The first-order valence-corrected chi connectivity index (χ1v) is 5.75. The highest BCUT2D eigenvalue weighted by atomic mass is 16.6. The highest BCUT2D eigenvalue weighted by Crippen LogP contribution is 2.09. The van der Waals surface area contributed by atoms with Crippen molar-refractivity contribution in [3.05, 3.63) is 0 Å². The van der Waals surface area contributed by atoms with Gasteiger partial charge in [0.05, 0.1) is 6.10 Å². The van der Waals surface area contributed by atoms with Gasteiger partial charge in [-0.3, -0.25) is 0 Å². The van der Waals surface area contributed by atoms with E-state index >= 15 is 0 Å². The number of hydrogen-bond acceptors (Lipinski definition) is 4. The fourth-order valence-corrected chi connectivity index (χ4v) is 1.68. The van der Waals surface area contributed by atoms with E-state index in [-0.39, 0.29) is 12.2 Å². The second kappa shape index (κ2) is 5.50. The zero-order valence-electron chi connectivity index (χ0n) is 10.2. The molecule has 0 aromatic rings. The van der Waals surface area contributed by atoms with Gasteiger partial charge in [-0.25, -0.2) is 4.79 Å². The number of β-amino-alcohol motifs (C(OH)–C–C–N with tert-alkyl or cyclic N) is 1. The van der Waals surface area contributed by atoms with Gasteiger partial charge in [0.1, 0.15) is 5.60 Å². The molecule has 0 spiro atoms. The molecule has 1 fully saturated rings. The van der Waals surface area contributed by atoms with Crippen LogP contribution in [0.4, 0.5) is 4.79 Å². The van der Waals surface area contributed by atoms with E-state index < -0.39 is 5.60 Å². The van der Waals surface area contributed by atoms with Crippen molar-refractivity contribution < 1.29 is 14.6 Å². The normalized spacial score (nSPS) is 25.5. The molecule has 5 nitrogen and oxygen atoms in total. The molecule has 0 radical (unpaired) electrons. The number of aliphatic hydroxyl groups excluding tert-OH is 1. The van der Waals surface area contributed by atoms with Crippen molar-refractivity contribution in [1.82, 2.24) is 10.6 Å². The summed E-state index contributed by atoms with van der Waals surface area (Å²) in [6.45, 7) is 6.72. The van der Waals surface area contributed by atoms with Crippen molar-refractivity contribution in [3.63, 3.8) is 0 Å². The summed E-state index contributed by atoms with van der Waals surface area (Å²) in [6.07, 6.45) is 0.948. The summed E-state index contributed by atoms with van der Waals surface area (Å²) in [5.74, 6) is 0. The van der Waals surface area contributed by atoms with Crippen molar-refractivity contribution in [1.29, 1.82) is 0 Å². The van der Waals surface area contributed by atoms with E-state index in [4.69, 9.17) is 4.74 Å². The lowest BCUT2D eigenvalue weighted by molar-refractivity contribution is 0.0526. The first kappa shape index (κ1) is 13.3. The van der Waals surface area contributed by atoms with E-state index in [2.05, 4.69) is 10.6 Å². The fraction of sp³-hybridized carbons (Fsp3) is 0.909.